The molecule has 1 aromatic heterocycles. The fourth-order valence-corrected chi connectivity index (χ4v) is 5.10. The average Bonchev–Trinajstić information content (AvgIpc) is 2.78. The van der Waals surface area contributed by atoms with Gasteiger partial charge in [-0.05, 0) is 61.6 Å². The van der Waals surface area contributed by atoms with Crippen LogP contribution in [0.15, 0.2) is 12.1 Å². The number of anilines is 1. The minimum absolute atomic E-state index is 0.101. The zero-order chi connectivity index (χ0) is 16.8. The second-order valence-corrected chi connectivity index (χ2v) is 9.05. The molecule has 23 heavy (non-hydrogen) atoms. The summed E-state index contributed by atoms with van der Waals surface area (Å²) in [4.78, 5) is 17.3. The fraction of sp³-hybridized carbons (Fsp3) is 0.579. The predicted octanol–water partition coefficient (Wildman–Crippen LogP) is 5.31. The van der Waals surface area contributed by atoms with E-state index in [0.29, 0.717) is 5.92 Å². The first-order valence-electron chi connectivity index (χ1n) is 8.42. The zero-order valence-electron chi connectivity index (χ0n) is 14.7. The minimum atomic E-state index is 0.101. The van der Waals surface area contributed by atoms with Gasteiger partial charge >= 0.3 is 0 Å². The maximum Gasteiger partial charge on any atom is 0.229 e. The molecule has 1 saturated carbocycles. The minimum Gasteiger partial charge on any atom is -0.302 e. The average molecular weight is 330 g/mol. The molecule has 1 aliphatic rings. The Labute approximate surface area is 142 Å². The van der Waals surface area contributed by atoms with Crippen molar-refractivity contribution in [2.75, 3.05) is 5.32 Å². The van der Waals surface area contributed by atoms with Gasteiger partial charge in [-0.2, -0.15) is 0 Å². The van der Waals surface area contributed by atoms with Gasteiger partial charge in [0, 0.05) is 5.92 Å². The number of hydrogen-bond acceptors (Lipinski definition) is 3. The molecule has 1 aliphatic carbocycles. The molecule has 4 heteroatoms. The van der Waals surface area contributed by atoms with Crippen molar-refractivity contribution in [3.05, 3.63) is 23.3 Å². The number of carbonyl (C=O) groups is 1. The van der Waals surface area contributed by atoms with Crippen molar-refractivity contribution in [2.24, 2.45) is 17.3 Å². The topological polar surface area (TPSA) is 42.0 Å². The van der Waals surface area contributed by atoms with E-state index >= 15 is 0 Å². The van der Waals surface area contributed by atoms with E-state index in [0.717, 1.165) is 23.5 Å². The predicted molar refractivity (Wildman–Crippen MR) is 98.0 cm³/mol. The first-order chi connectivity index (χ1) is 10.7. The summed E-state index contributed by atoms with van der Waals surface area (Å²) < 4.78 is 1.17. The lowest BCUT2D eigenvalue weighted by Crippen LogP contribution is -2.34. The molecule has 3 nitrogen and oxygen atoms in total. The number of nitrogens with zero attached hydrogens (tertiary/aromatic N) is 1. The summed E-state index contributed by atoms with van der Waals surface area (Å²) in [6, 6.07) is 4.25. The molecule has 0 bridgehead atoms. The number of benzene rings is 1. The van der Waals surface area contributed by atoms with Gasteiger partial charge in [-0.3, -0.25) is 4.79 Å². The van der Waals surface area contributed by atoms with Gasteiger partial charge in [0.15, 0.2) is 5.13 Å². The maximum atomic E-state index is 12.7. The number of rotatable bonds is 2. The Balaban J connectivity index is 1.79. The number of aromatic nitrogens is 1. The zero-order valence-corrected chi connectivity index (χ0v) is 15.5. The summed E-state index contributed by atoms with van der Waals surface area (Å²) in [5.41, 5.74) is 3.67. The molecule has 2 aromatic rings. The van der Waals surface area contributed by atoms with Crippen LogP contribution in [0.1, 0.15) is 51.2 Å². The lowest BCUT2D eigenvalue weighted by atomic mass is 9.68. The molecule has 2 unspecified atom stereocenters. The van der Waals surface area contributed by atoms with Gasteiger partial charge in [-0.25, -0.2) is 4.98 Å². The van der Waals surface area contributed by atoms with E-state index in [-0.39, 0.29) is 17.2 Å². The molecule has 1 aromatic carbocycles. The van der Waals surface area contributed by atoms with Gasteiger partial charge in [-0.1, -0.05) is 38.2 Å². The first-order valence-corrected chi connectivity index (χ1v) is 9.24. The molecule has 3 rings (SSSR count). The molecule has 0 aliphatic heterocycles. The van der Waals surface area contributed by atoms with Gasteiger partial charge in [0.1, 0.15) is 0 Å². The van der Waals surface area contributed by atoms with Gasteiger partial charge in [0.2, 0.25) is 5.91 Å². The first kappa shape index (κ1) is 16.4. The van der Waals surface area contributed by atoms with E-state index in [4.69, 9.17) is 0 Å². The van der Waals surface area contributed by atoms with Crippen LogP contribution in [0, 0.1) is 31.1 Å². The Kier molecular flexibility index (Phi) is 4.21. The highest BCUT2D eigenvalue weighted by molar-refractivity contribution is 7.22. The lowest BCUT2D eigenvalue weighted by molar-refractivity contribution is -0.122. The van der Waals surface area contributed by atoms with Gasteiger partial charge in [0.05, 0.1) is 10.2 Å². The van der Waals surface area contributed by atoms with Crippen molar-refractivity contribution in [3.63, 3.8) is 0 Å². The van der Waals surface area contributed by atoms with Gasteiger partial charge in [-0.15, -0.1) is 0 Å². The molecule has 0 saturated heterocycles. The van der Waals surface area contributed by atoms with Crippen LogP contribution in [0.25, 0.3) is 10.2 Å². The number of carbonyl (C=O) groups excluding carboxylic acids is 1. The Morgan fingerprint density at radius 2 is 2.04 bits per heavy atom. The van der Waals surface area contributed by atoms with Crippen LogP contribution in [-0.2, 0) is 4.79 Å². The quantitative estimate of drug-likeness (QED) is 0.810. The molecular formula is C19H26N2OS. The normalized spacial score (nSPS) is 23.9. The highest BCUT2D eigenvalue weighted by atomic mass is 32.1. The summed E-state index contributed by atoms with van der Waals surface area (Å²) in [6.45, 7) is 11.0. The van der Waals surface area contributed by atoms with Crippen molar-refractivity contribution in [3.8, 4) is 0 Å². The number of aryl methyl sites for hydroxylation is 2. The SMILES string of the molecule is Cc1cc(C)c2sc(NC(=O)C3CC(C)CC(C)(C)C3)nc2c1. The monoisotopic (exact) mass is 330 g/mol. The smallest absolute Gasteiger partial charge is 0.229 e. The Morgan fingerprint density at radius 1 is 1.30 bits per heavy atom. The van der Waals surface area contributed by atoms with E-state index in [1.807, 2.05) is 0 Å². The van der Waals surface area contributed by atoms with Gasteiger partial charge < -0.3 is 5.32 Å². The van der Waals surface area contributed by atoms with E-state index in [9.17, 15) is 4.79 Å². The van der Waals surface area contributed by atoms with Crippen molar-refractivity contribution >= 4 is 32.6 Å². The molecule has 124 valence electrons. The second kappa shape index (κ2) is 5.90. The number of thiazole rings is 1. The maximum absolute atomic E-state index is 12.7. The van der Waals surface area contributed by atoms with Crippen molar-refractivity contribution in [2.45, 2.75) is 53.9 Å². The number of nitrogens with one attached hydrogen (secondary N) is 1. The van der Waals surface area contributed by atoms with Crippen LogP contribution < -0.4 is 5.32 Å². The highest BCUT2D eigenvalue weighted by Gasteiger charge is 2.35. The van der Waals surface area contributed by atoms with E-state index in [1.54, 1.807) is 11.3 Å². The number of amides is 1. The lowest BCUT2D eigenvalue weighted by Gasteiger charge is -2.38. The third-order valence-electron chi connectivity index (χ3n) is 4.81. The van der Waals surface area contributed by atoms with Crippen molar-refractivity contribution in [1.82, 2.24) is 4.98 Å². The molecule has 0 spiro atoms. The summed E-state index contributed by atoms with van der Waals surface area (Å²) in [6.07, 6.45) is 3.15. The van der Waals surface area contributed by atoms with Crippen LogP contribution in [0.2, 0.25) is 0 Å². The number of hydrogen-bond donors (Lipinski definition) is 1. The third-order valence-corrected chi connectivity index (χ3v) is 5.93. The van der Waals surface area contributed by atoms with Crippen molar-refractivity contribution < 1.29 is 4.79 Å². The van der Waals surface area contributed by atoms with Crippen LogP contribution >= 0.6 is 11.3 Å². The molecule has 1 amide bonds. The van der Waals surface area contributed by atoms with E-state index < -0.39 is 0 Å². The Bertz CT molecular complexity index is 747. The summed E-state index contributed by atoms with van der Waals surface area (Å²) in [5.74, 6) is 0.844. The largest absolute Gasteiger partial charge is 0.302 e. The summed E-state index contributed by atoms with van der Waals surface area (Å²) >= 11 is 1.58. The molecule has 1 heterocycles. The van der Waals surface area contributed by atoms with Crippen molar-refractivity contribution in [1.29, 1.82) is 0 Å². The highest BCUT2D eigenvalue weighted by Crippen LogP contribution is 2.42. The van der Waals surface area contributed by atoms with E-state index in [1.165, 1.54) is 22.2 Å². The Morgan fingerprint density at radius 3 is 2.74 bits per heavy atom. The van der Waals surface area contributed by atoms with Crippen LogP contribution in [-0.4, -0.2) is 10.9 Å². The third kappa shape index (κ3) is 3.57. The fourth-order valence-electron chi connectivity index (χ4n) is 4.18. The van der Waals surface area contributed by atoms with Crippen LogP contribution in [0.5, 0.6) is 0 Å². The second-order valence-electron chi connectivity index (χ2n) is 8.05. The number of fused-ring (bicyclic) bond motifs is 1. The summed E-state index contributed by atoms with van der Waals surface area (Å²) in [7, 11) is 0. The molecular weight excluding hydrogens is 304 g/mol. The molecule has 2 atom stereocenters. The molecule has 1 N–H and O–H groups in total. The van der Waals surface area contributed by atoms with Crippen LogP contribution in [0.3, 0.4) is 0 Å². The molecule has 1 fully saturated rings. The van der Waals surface area contributed by atoms with E-state index in [2.05, 4.69) is 57.1 Å². The summed E-state index contributed by atoms with van der Waals surface area (Å²) in [5, 5.41) is 3.81. The Hall–Kier alpha value is -1.42. The standard InChI is InChI=1S/C19H26N2OS/c1-11-6-13(3)16-15(8-11)20-18(23-16)21-17(22)14-7-12(2)9-19(4,5)10-14/h6,8,12,14H,7,9-10H2,1-5H3,(H,20,21,22). The van der Waals surface area contributed by atoms with Gasteiger partial charge in [0.25, 0.3) is 0 Å². The molecule has 0 radical (unpaired) electrons. The van der Waals surface area contributed by atoms with Crippen LogP contribution in [0.4, 0.5) is 5.13 Å².